The van der Waals surface area contributed by atoms with Crippen molar-refractivity contribution < 1.29 is 4.74 Å². The molecule has 0 bridgehead atoms. The van der Waals surface area contributed by atoms with Gasteiger partial charge in [0.2, 0.25) is 0 Å². The predicted molar refractivity (Wildman–Crippen MR) is 123 cm³/mol. The Hall–Kier alpha value is -3.59. The number of rotatable bonds is 5. The summed E-state index contributed by atoms with van der Waals surface area (Å²) in [6, 6.07) is 29.8. The molecule has 0 aliphatic carbocycles. The van der Waals surface area contributed by atoms with E-state index in [1.807, 2.05) is 93.6 Å². The molecule has 4 aromatic rings. The average molecular weight is 396 g/mol. The second kappa shape index (κ2) is 8.42. The van der Waals surface area contributed by atoms with Gasteiger partial charge in [0.05, 0.1) is 17.5 Å². The SMILES string of the molecule is Cc1c(-c2ccccc2OC(C)C)n(-c2ccccc2)c(-c2ccccc2)cc1=O. The summed E-state index contributed by atoms with van der Waals surface area (Å²) in [7, 11) is 0. The number of benzene rings is 3. The van der Waals surface area contributed by atoms with Crippen LogP contribution in [0.1, 0.15) is 19.4 Å². The highest BCUT2D eigenvalue weighted by atomic mass is 16.5. The maximum Gasteiger partial charge on any atom is 0.185 e. The first kappa shape index (κ1) is 19.7. The molecule has 0 saturated carbocycles. The minimum Gasteiger partial charge on any atom is -0.490 e. The van der Waals surface area contributed by atoms with Crippen molar-refractivity contribution in [3.05, 3.63) is 107 Å². The molecule has 0 fully saturated rings. The lowest BCUT2D eigenvalue weighted by Gasteiger charge is -2.23. The van der Waals surface area contributed by atoms with Crippen molar-refractivity contribution in [3.8, 4) is 34.0 Å². The summed E-state index contributed by atoms with van der Waals surface area (Å²) in [5.41, 5.74) is 5.29. The lowest BCUT2D eigenvalue weighted by atomic mass is 10.0. The van der Waals surface area contributed by atoms with Gasteiger partial charge in [0.25, 0.3) is 0 Å². The van der Waals surface area contributed by atoms with Crippen molar-refractivity contribution in [2.24, 2.45) is 0 Å². The smallest absolute Gasteiger partial charge is 0.185 e. The molecular formula is C27H25NO2. The molecule has 150 valence electrons. The molecule has 0 amide bonds. The zero-order chi connectivity index (χ0) is 21.1. The average Bonchev–Trinajstić information content (AvgIpc) is 2.76. The molecule has 3 nitrogen and oxygen atoms in total. The van der Waals surface area contributed by atoms with Crippen molar-refractivity contribution >= 4 is 0 Å². The van der Waals surface area contributed by atoms with E-state index in [0.717, 1.165) is 34.0 Å². The van der Waals surface area contributed by atoms with Crippen LogP contribution in [0, 0.1) is 6.92 Å². The lowest BCUT2D eigenvalue weighted by molar-refractivity contribution is 0.243. The summed E-state index contributed by atoms with van der Waals surface area (Å²) in [6.07, 6.45) is 0.0284. The number of hydrogen-bond donors (Lipinski definition) is 0. The number of pyridine rings is 1. The summed E-state index contributed by atoms with van der Waals surface area (Å²) < 4.78 is 8.28. The first-order chi connectivity index (χ1) is 14.6. The van der Waals surface area contributed by atoms with Crippen molar-refractivity contribution in [1.29, 1.82) is 0 Å². The Morgan fingerprint density at radius 1 is 0.800 bits per heavy atom. The Morgan fingerprint density at radius 3 is 2.07 bits per heavy atom. The molecule has 4 rings (SSSR count). The molecule has 0 atom stereocenters. The Morgan fingerprint density at radius 2 is 1.40 bits per heavy atom. The zero-order valence-electron chi connectivity index (χ0n) is 17.5. The largest absolute Gasteiger partial charge is 0.490 e. The molecule has 0 aliphatic rings. The van der Waals surface area contributed by atoms with Gasteiger partial charge in [-0.05, 0) is 50.6 Å². The summed E-state index contributed by atoms with van der Waals surface area (Å²) in [5.74, 6) is 0.768. The molecule has 0 spiro atoms. The third kappa shape index (κ3) is 3.79. The van der Waals surface area contributed by atoms with Crippen LogP contribution < -0.4 is 10.2 Å². The number of nitrogens with zero attached hydrogens (tertiary/aromatic N) is 1. The molecule has 0 radical (unpaired) electrons. The summed E-state index contributed by atoms with van der Waals surface area (Å²) in [4.78, 5) is 13.1. The second-order valence-electron chi connectivity index (χ2n) is 7.57. The van der Waals surface area contributed by atoms with Crippen LogP contribution in [-0.4, -0.2) is 10.7 Å². The van der Waals surface area contributed by atoms with Crippen LogP contribution >= 0.6 is 0 Å². The van der Waals surface area contributed by atoms with Gasteiger partial charge >= 0.3 is 0 Å². The molecule has 1 aromatic heterocycles. The first-order valence-electron chi connectivity index (χ1n) is 10.2. The van der Waals surface area contributed by atoms with Gasteiger partial charge in [0.1, 0.15) is 5.75 Å². The molecule has 0 saturated heterocycles. The maximum atomic E-state index is 13.1. The van der Waals surface area contributed by atoms with E-state index >= 15 is 0 Å². The quantitative estimate of drug-likeness (QED) is 0.399. The van der Waals surface area contributed by atoms with E-state index in [9.17, 15) is 4.79 Å². The van der Waals surface area contributed by atoms with Gasteiger partial charge in [-0.2, -0.15) is 0 Å². The summed E-state index contributed by atoms with van der Waals surface area (Å²) in [6.45, 7) is 5.90. The maximum absolute atomic E-state index is 13.1. The minimum atomic E-state index is 0.00961. The van der Waals surface area contributed by atoms with Gasteiger partial charge in [-0.25, -0.2) is 0 Å². The Kier molecular flexibility index (Phi) is 5.53. The van der Waals surface area contributed by atoms with Crippen LogP contribution in [0.5, 0.6) is 5.75 Å². The molecule has 1 heterocycles. The van der Waals surface area contributed by atoms with Crippen LogP contribution in [0.3, 0.4) is 0 Å². The minimum absolute atomic E-state index is 0.00961. The fraction of sp³-hybridized carbons (Fsp3) is 0.148. The van der Waals surface area contributed by atoms with Crippen LogP contribution in [0.4, 0.5) is 0 Å². The molecule has 30 heavy (non-hydrogen) atoms. The van der Waals surface area contributed by atoms with Crippen molar-refractivity contribution in [1.82, 2.24) is 4.57 Å². The van der Waals surface area contributed by atoms with Gasteiger partial charge in [-0.15, -0.1) is 0 Å². The Labute approximate surface area is 177 Å². The van der Waals surface area contributed by atoms with Gasteiger partial charge in [0, 0.05) is 22.9 Å². The summed E-state index contributed by atoms with van der Waals surface area (Å²) >= 11 is 0. The third-order valence-electron chi connectivity index (χ3n) is 5.05. The highest BCUT2D eigenvalue weighted by molar-refractivity contribution is 5.76. The topological polar surface area (TPSA) is 31.2 Å². The molecule has 3 aromatic carbocycles. The number of hydrogen-bond acceptors (Lipinski definition) is 2. The Balaban J connectivity index is 2.12. The van der Waals surface area contributed by atoms with E-state index in [4.69, 9.17) is 4.74 Å². The van der Waals surface area contributed by atoms with E-state index in [2.05, 4.69) is 16.7 Å². The molecular weight excluding hydrogens is 370 g/mol. The normalized spacial score (nSPS) is 10.9. The molecule has 3 heteroatoms. The van der Waals surface area contributed by atoms with E-state index < -0.39 is 0 Å². The lowest BCUT2D eigenvalue weighted by Crippen LogP contribution is -2.16. The van der Waals surface area contributed by atoms with Gasteiger partial charge < -0.3 is 9.30 Å². The number of ether oxygens (including phenoxy) is 1. The number of aromatic nitrogens is 1. The molecule has 0 unspecified atom stereocenters. The second-order valence-corrected chi connectivity index (χ2v) is 7.57. The summed E-state index contributed by atoms with van der Waals surface area (Å²) in [5, 5.41) is 0. The molecule has 0 aliphatic heterocycles. The van der Waals surface area contributed by atoms with Crippen LogP contribution in [0.2, 0.25) is 0 Å². The zero-order valence-corrected chi connectivity index (χ0v) is 17.5. The third-order valence-corrected chi connectivity index (χ3v) is 5.05. The van der Waals surface area contributed by atoms with Gasteiger partial charge in [-0.3, -0.25) is 4.79 Å². The highest BCUT2D eigenvalue weighted by Gasteiger charge is 2.20. The fourth-order valence-electron chi connectivity index (χ4n) is 3.71. The van der Waals surface area contributed by atoms with Crippen molar-refractivity contribution in [3.63, 3.8) is 0 Å². The highest BCUT2D eigenvalue weighted by Crippen LogP contribution is 2.36. The molecule has 0 N–H and O–H groups in total. The van der Waals surface area contributed by atoms with Crippen LogP contribution in [-0.2, 0) is 0 Å². The van der Waals surface area contributed by atoms with E-state index in [-0.39, 0.29) is 11.5 Å². The van der Waals surface area contributed by atoms with Crippen LogP contribution in [0.25, 0.3) is 28.2 Å². The number of para-hydroxylation sites is 2. The fourth-order valence-corrected chi connectivity index (χ4v) is 3.71. The van der Waals surface area contributed by atoms with Crippen LogP contribution in [0.15, 0.2) is 95.8 Å². The Bertz CT molecular complexity index is 1210. The predicted octanol–water partition coefficient (Wildman–Crippen LogP) is 6.27. The first-order valence-corrected chi connectivity index (χ1v) is 10.2. The van der Waals surface area contributed by atoms with E-state index in [0.29, 0.717) is 5.56 Å². The standard InChI is InChI=1S/C27H25NO2/c1-19(2)30-26-17-11-10-16-23(26)27-20(3)25(29)18-24(21-12-6-4-7-13-21)28(27)22-14-8-5-9-15-22/h4-19H,1-3H3. The van der Waals surface area contributed by atoms with Gasteiger partial charge in [0.15, 0.2) is 5.43 Å². The van der Waals surface area contributed by atoms with Gasteiger partial charge in [-0.1, -0.05) is 60.7 Å². The van der Waals surface area contributed by atoms with Crippen molar-refractivity contribution in [2.45, 2.75) is 26.9 Å². The van der Waals surface area contributed by atoms with E-state index in [1.165, 1.54) is 0 Å². The monoisotopic (exact) mass is 395 g/mol. The van der Waals surface area contributed by atoms with E-state index in [1.54, 1.807) is 6.07 Å². The van der Waals surface area contributed by atoms with Crippen molar-refractivity contribution in [2.75, 3.05) is 0 Å².